The highest BCUT2D eigenvalue weighted by atomic mass is 127. The van der Waals surface area contributed by atoms with E-state index in [2.05, 4.69) is 22.5 Å². The summed E-state index contributed by atoms with van der Waals surface area (Å²) in [6.07, 6.45) is 0. The molecule has 0 saturated heterocycles. The molecule has 0 bridgehead atoms. The van der Waals surface area contributed by atoms with Crippen molar-refractivity contribution < 1.29 is 8.42 Å². The lowest BCUT2D eigenvalue weighted by Crippen LogP contribution is -2.37. The van der Waals surface area contributed by atoms with Gasteiger partial charge < -0.3 is 10.6 Å². The van der Waals surface area contributed by atoms with Gasteiger partial charge in [0.1, 0.15) is 0 Å². The van der Waals surface area contributed by atoms with Crippen LogP contribution < -0.4 is 15.8 Å². The van der Waals surface area contributed by atoms with Crippen molar-refractivity contribution in [2.24, 2.45) is 10.1 Å². The summed E-state index contributed by atoms with van der Waals surface area (Å²) in [6, 6.07) is 6.81. The van der Waals surface area contributed by atoms with Crippen LogP contribution in [0.2, 0.25) is 0 Å². The highest BCUT2D eigenvalue weighted by molar-refractivity contribution is 14.0. The van der Waals surface area contributed by atoms with Gasteiger partial charge in [-0.25, -0.2) is 13.6 Å². The van der Waals surface area contributed by atoms with Crippen molar-refractivity contribution in [1.82, 2.24) is 10.6 Å². The average molecular weight is 396 g/mol. The van der Waals surface area contributed by atoms with Gasteiger partial charge in [0.25, 0.3) is 0 Å². The summed E-state index contributed by atoms with van der Waals surface area (Å²) in [6.45, 7) is 3.41. The molecule has 106 valence electrons. The summed E-state index contributed by atoms with van der Waals surface area (Å²) in [4.78, 5) is 4.39. The molecule has 4 N–H and O–H groups in total. The number of hydrogen-bond donors (Lipinski definition) is 3. The number of hydrogen-bond acceptors (Lipinski definition) is 5. The van der Waals surface area contributed by atoms with Crippen LogP contribution in [0.15, 0.2) is 34.2 Å². The van der Waals surface area contributed by atoms with E-state index < -0.39 is 10.0 Å². The Bertz CT molecular complexity index is 557. The predicted octanol–water partition coefficient (Wildman–Crippen LogP) is 0.389. The molecule has 2 rings (SSSR count). The van der Waals surface area contributed by atoms with E-state index in [9.17, 15) is 8.42 Å². The lowest BCUT2D eigenvalue weighted by atomic mass is 10.2. The van der Waals surface area contributed by atoms with E-state index >= 15 is 0 Å². The van der Waals surface area contributed by atoms with Gasteiger partial charge in [-0.2, -0.15) is 0 Å². The highest BCUT2D eigenvalue weighted by Crippen LogP contribution is 2.08. The second-order valence-electron chi connectivity index (χ2n) is 4.28. The molecule has 0 radical (unpaired) electrons. The van der Waals surface area contributed by atoms with Crippen LogP contribution in [0.1, 0.15) is 12.5 Å². The second kappa shape index (κ2) is 6.53. The van der Waals surface area contributed by atoms with E-state index in [0.29, 0.717) is 12.6 Å². The first-order chi connectivity index (χ1) is 8.45. The number of primary sulfonamides is 1. The van der Waals surface area contributed by atoms with Crippen LogP contribution in [-0.2, 0) is 16.6 Å². The summed E-state index contributed by atoms with van der Waals surface area (Å²) >= 11 is 0. The average Bonchev–Trinajstić information content (AvgIpc) is 2.72. The van der Waals surface area contributed by atoms with E-state index in [1.54, 1.807) is 12.1 Å². The number of benzene rings is 1. The lowest BCUT2D eigenvalue weighted by Gasteiger charge is -2.09. The topological polar surface area (TPSA) is 96.6 Å². The fourth-order valence-electron chi connectivity index (χ4n) is 1.64. The minimum absolute atomic E-state index is 0. The number of guanidine groups is 1. The van der Waals surface area contributed by atoms with Crippen molar-refractivity contribution in [1.29, 1.82) is 0 Å². The highest BCUT2D eigenvalue weighted by Gasteiger charge is 2.11. The number of nitrogens with two attached hydrogens (primary N) is 1. The number of aliphatic imine (C=N–C) groups is 1. The van der Waals surface area contributed by atoms with Crippen LogP contribution in [0.3, 0.4) is 0 Å². The molecular weight excluding hydrogens is 379 g/mol. The summed E-state index contributed by atoms with van der Waals surface area (Å²) in [5.74, 6) is 0.776. The molecule has 1 aliphatic heterocycles. The first-order valence-corrected chi connectivity index (χ1v) is 7.16. The molecule has 0 amide bonds. The molecule has 1 unspecified atom stereocenters. The third-order valence-electron chi connectivity index (χ3n) is 2.62. The van der Waals surface area contributed by atoms with Gasteiger partial charge in [0.15, 0.2) is 5.96 Å². The van der Waals surface area contributed by atoms with Gasteiger partial charge >= 0.3 is 0 Å². The van der Waals surface area contributed by atoms with E-state index in [1.807, 2.05) is 0 Å². The maximum atomic E-state index is 11.1. The first-order valence-electron chi connectivity index (χ1n) is 5.62. The Morgan fingerprint density at radius 3 is 2.53 bits per heavy atom. The lowest BCUT2D eigenvalue weighted by molar-refractivity contribution is 0.597. The predicted molar refractivity (Wildman–Crippen MR) is 85.0 cm³/mol. The van der Waals surface area contributed by atoms with Crippen LogP contribution in [0.25, 0.3) is 0 Å². The minimum Gasteiger partial charge on any atom is -0.352 e. The molecular formula is C11H17IN4O2S. The SMILES string of the molecule is CC1CN=C(NCc2ccc(S(N)(=O)=O)cc2)N1.I. The van der Waals surface area contributed by atoms with Crippen LogP contribution in [0.5, 0.6) is 0 Å². The molecule has 0 fully saturated rings. The standard InChI is InChI=1S/C11H16N4O2S.HI/c1-8-6-13-11(15-8)14-7-9-2-4-10(5-3-9)18(12,16)17;/h2-5,8H,6-7H2,1H3,(H2,12,16,17)(H2,13,14,15);1H. The monoisotopic (exact) mass is 396 g/mol. The molecule has 0 saturated carbocycles. The Balaban J connectivity index is 0.00000180. The Morgan fingerprint density at radius 1 is 1.42 bits per heavy atom. The van der Waals surface area contributed by atoms with Gasteiger partial charge in [-0.15, -0.1) is 24.0 Å². The van der Waals surface area contributed by atoms with Crippen molar-refractivity contribution in [3.63, 3.8) is 0 Å². The van der Waals surface area contributed by atoms with Crippen molar-refractivity contribution >= 4 is 40.0 Å². The Kier molecular flexibility index (Phi) is 5.56. The third-order valence-corrected chi connectivity index (χ3v) is 3.55. The van der Waals surface area contributed by atoms with Gasteiger partial charge in [-0.3, -0.25) is 4.99 Å². The minimum atomic E-state index is -3.61. The van der Waals surface area contributed by atoms with Crippen molar-refractivity contribution in [2.45, 2.75) is 24.4 Å². The normalized spacial score (nSPS) is 18.2. The number of nitrogens with zero attached hydrogens (tertiary/aromatic N) is 1. The fourth-order valence-corrected chi connectivity index (χ4v) is 2.16. The number of sulfonamides is 1. The van der Waals surface area contributed by atoms with Crippen LogP contribution in [0.4, 0.5) is 0 Å². The molecule has 8 heteroatoms. The van der Waals surface area contributed by atoms with Crippen LogP contribution >= 0.6 is 24.0 Å². The molecule has 1 aromatic carbocycles. The smallest absolute Gasteiger partial charge is 0.238 e. The molecule has 0 aromatic heterocycles. The Morgan fingerprint density at radius 2 is 2.05 bits per heavy atom. The van der Waals surface area contributed by atoms with Gasteiger partial charge in [0.2, 0.25) is 10.0 Å². The largest absolute Gasteiger partial charge is 0.352 e. The van der Waals surface area contributed by atoms with Gasteiger partial charge in [0.05, 0.1) is 11.4 Å². The van der Waals surface area contributed by atoms with Gasteiger partial charge in [-0.1, -0.05) is 12.1 Å². The van der Waals surface area contributed by atoms with E-state index in [1.165, 1.54) is 12.1 Å². The zero-order valence-corrected chi connectivity index (χ0v) is 13.6. The van der Waals surface area contributed by atoms with Crippen LogP contribution in [-0.4, -0.2) is 27.0 Å². The summed E-state index contributed by atoms with van der Waals surface area (Å²) in [5, 5.41) is 11.4. The molecule has 1 aliphatic rings. The molecule has 0 spiro atoms. The summed E-state index contributed by atoms with van der Waals surface area (Å²) in [5.41, 5.74) is 0.964. The molecule has 6 nitrogen and oxygen atoms in total. The third kappa shape index (κ3) is 4.62. The second-order valence-corrected chi connectivity index (χ2v) is 5.84. The maximum absolute atomic E-state index is 11.1. The van der Waals surface area contributed by atoms with Crippen molar-refractivity contribution in [3.05, 3.63) is 29.8 Å². The molecule has 19 heavy (non-hydrogen) atoms. The molecule has 1 heterocycles. The van der Waals surface area contributed by atoms with Gasteiger partial charge in [-0.05, 0) is 24.6 Å². The van der Waals surface area contributed by atoms with Crippen molar-refractivity contribution in [3.8, 4) is 0 Å². The van der Waals surface area contributed by atoms with E-state index in [0.717, 1.165) is 18.1 Å². The van der Waals surface area contributed by atoms with E-state index in [4.69, 9.17) is 5.14 Å². The summed E-state index contributed by atoms with van der Waals surface area (Å²) in [7, 11) is -3.61. The number of nitrogens with one attached hydrogen (secondary N) is 2. The van der Waals surface area contributed by atoms with Crippen LogP contribution in [0, 0.1) is 0 Å². The quantitative estimate of drug-likeness (QED) is 0.644. The molecule has 1 atom stereocenters. The Labute approximate surface area is 129 Å². The summed E-state index contributed by atoms with van der Waals surface area (Å²) < 4.78 is 22.2. The maximum Gasteiger partial charge on any atom is 0.238 e. The first kappa shape index (κ1) is 16.2. The van der Waals surface area contributed by atoms with Crippen molar-refractivity contribution in [2.75, 3.05) is 6.54 Å². The zero-order valence-electron chi connectivity index (χ0n) is 10.5. The fraction of sp³-hybridized carbons (Fsp3) is 0.364. The Hall–Kier alpha value is -0.870. The number of rotatable bonds is 3. The van der Waals surface area contributed by atoms with E-state index in [-0.39, 0.29) is 28.9 Å². The van der Waals surface area contributed by atoms with Gasteiger partial charge in [0, 0.05) is 12.6 Å². The molecule has 1 aromatic rings. The number of halogens is 1. The molecule has 0 aliphatic carbocycles. The zero-order chi connectivity index (χ0) is 13.2.